The van der Waals surface area contributed by atoms with Gasteiger partial charge in [0.1, 0.15) is 5.69 Å². The van der Waals surface area contributed by atoms with Crippen molar-refractivity contribution in [2.75, 3.05) is 17.7 Å². The highest BCUT2D eigenvalue weighted by molar-refractivity contribution is 6.03. The van der Waals surface area contributed by atoms with E-state index in [-0.39, 0.29) is 12.5 Å². The summed E-state index contributed by atoms with van der Waals surface area (Å²) in [7, 11) is 0. The zero-order chi connectivity index (χ0) is 15.2. The van der Waals surface area contributed by atoms with Crippen LogP contribution in [0.25, 0.3) is 0 Å². The second-order valence-corrected chi connectivity index (χ2v) is 4.93. The molecule has 0 saturated carbocycles. The first-order chi connectivity index (χ1) is 10.1. The predicted molar refractivity (Wildman–Crippen MR) is 84.3 cm³/mol. The van der Waals surface area contributed by atoms with Crippen LogP contribution in [0.3, 0.4) is 0 Å². The molecule has 1 heterocycles. The second kappa shape index (κ2) is 6.95. The van der Waals surface area contributed by atoms with Crippen molar-refractivity contribution in [2.45, 2.75) is 26.3 Å². The molecular weight excluding hydrogens is 266 g/mol. The highest BCUT2D eigenvalue weighted by Gasteiger charge is 2.12. The Kier molecular flexibility index (Phi) is 5.00. The normalized spacial score (nSPS) is 10.6. The molecule has 112 valence electrons. The third-order valence-electron chi connectivity index (χ3n) is 3.30. The Bertz CT molecular complexity index is 620. The van der Waals surface area contributed by atoms with Gasteiger partial charge in [-0.3, -0.25) is 4.79 Å². The maximum absolute atomic E-state index is 12.3. The van der Waals surface area contributed by atoms with Gasteiger partial charge < -0.3 is 20.7 Å². The molecule has 5 nitrogen and oxygen atoms in total. The second-order valence-electron chi connectivity index (χ2n) is 4.93. The van der Waals surface area contributed by atoms with E-state index in [1.54, 1.807) is 12.3 Å². The van der Waals surface area contributed by atoms with Gasteiger partial charge in [0.25, 0.3) is 5.91 Å². The Morgan fingerprint density at radius 3 is 2.90 bits per heavy atom. The van der Waals surface area contributed by atoms with E-state index in [1.807, 2.05) is 35.8 Å². The molecule has 5 heteroatoms. The van der Waals surface area contributed by atoms with E-state index in [0.29, 0.717) is 24.3 Å². The zero-order valence-electron chi connectivity index (χ0n) is 12.2. The fourth-order valence-electron chi connectivity index (χ4n) is 2.27. The van der Waals surface area contributed by atoms with Crippen LogP contribution in [0, 0.1) is 0 Å². The van der Waals surface area contributed by atoms with Crippen LogP contribution in [0.2, 0.25) is 0 Å². The molecule has 0 radical (unpaired) electrons. The van der Waals surface area contributed by atoms with Crippen LogP contribution >= 0.6 is 0 Å². The fraction of sp³-hybridized carbons (Fsp3) is 0.312. The minimum absolute atomic E-state index is 0.167. The SMILES string of the molecule is CCn1cc(N)cc1C(=O)Nc1cccc(CCCO)c1. The van der Waals surface area contributed by atoms with E-state index in [4.69, 9.17) is 10.8 Å². The van der Waals surface area contributed by atoms with E-state index >= 15 is 0 Å². The molecule has 4 N–H and O–H groups in total. The molecular formula is C16H21N3O2. The number of aryl methyl sites for hydroxylation is 2. The molecule has 0 bridgehead atoms. The van der Waals surface area contributed by atoms with Crippen molar-refractivity contribution < 1.29 is 9.90 Å². The summed E-state index contributed by atoms with van der Waals surface area (Å²) < 4.78 is 1.82. The van der Waals surface area contributed by atoms with Crippen molar-refractivity contribution >= 4 is 17.3 Å². The molecule has 0 aliphatic carbocycles. The van der Waals surface area contributed by atoms with Gasteiger partial charge >= 0.3 is 0 Å². The number of hydrogen-bond acceptors (Lipinski definition) is 3. The number of hydrogen-bond donors (Lipinski definition) is 3. The van der Waals surface area contributed by atoms with Gasteiger partial charge in [0.15, 0.2) is 0 Å². The smallest absolute Gasteiger partial charge is 0.272 e. The van der Waals surface area contributed by atoms with Crippen LogP contribution in [0.1, 0.15) is 29.4 Å². The molecule has 0 atom stereocenters. The number of rotatable bonds is 6. The van der Waals surface area contributed by atoms with E-state index in [2.05, 4.69) is 5.32 Å². The largest absolute Gasteiger partial charge is 0.397 e. The van der Waals surface area contributed by atoms with Crippen LogP contribution in [-0.2, 0) is 13.0 Å². The van der Waals surface area contributed by atoms with Crippen LogP contribution in [0.4, 0.5) is 11.4 Å². The molecule has 1 amide bonds. The van der Waals surface area contributed by atoms with Crippen molar-refractivity contribution in [1.29, 1.82) is 0 Å². The summed E-state index contributed by atoms with van der Waals surface area (Å²) in [6, 6.07) is 9.33. The first kappa shape index (κ1) is 15.1. The summed E-state index contributed by atoms with van der Waals surface area (Å²) in [4.78, 5) is 12.3. The van der Waals surface area contributed by atoms with Gasteiger partial charge in [-0.15, -0.1) is 0 Å². The van der Waals surface area contributed by atoms with Crippen molar-refractivity contribution in [3.63, 3.8) is 0 Å². The summed E-state index contributed by atoms with van der Waals surface area (Å²) in [6.45, 7) is 2.82. The predicted octanol–water partition coefficient (Wildman–Crippen LogP) is 2.27. The molecule has 2 aromatic rings. The number of nitrogens with two attached hydrogens (primary N) is 1. The standard InChI is InChI=1S/C16H21N3O2/c1-2-19-11-13(17)10-15(19)16(21)18-14-7-3-5-12(9-14)6-4-8-20/h3,5,7,9-11,20H,2,4,6,8,17H2,1H3,(H,18,21). The molecule has 2 rings (SSSR count). The van der Waals surface area contributed by atoms with Gasteiger partial charge in [-0.25, -0.2) is 0 Å². The summed E-state index contributed by atoms with van der Waals surface area (Å²) >= 11 is 0. The minimum Gasteiger partial charge on any atom is -0.397 e. The van der Waals surface area contributed by atoms with Crippen molar-refractivity contribution in [1.82, 2.24) is 4.57 Å². The van der Waals surface area contributed by atoms with Gasteiger partial charge in [0.05, 0.1) is 5.69 Å². The maximum Gasteiger partial charge on any atom is 0.272 e. The quantitative estimate of drug-likeness (QED) is 0.762. The number of benzene rings is 1. The molecule has 1 aromatic carbocycles. The number of nitrogen functional groups attached to an aromatic ring is 1. The van der Waals surface area contributed by atoms with Crippen LogP contribution in [-0.4, -0.2) is 22.2 Å². The molecule has 0 unspecified atom stereocenters. The summed E-state index contributed by atoms with van der Waals surface area (Å²) in [5.41, 5.74) is 8.71. The molecule has 0 saturated heterocycles. The van der Waals surface area contributed by atoms with Crippen LogP contribution in [0.15, 0.2) is 36.5 Å². The molecule has 0 fully saturated rings. The van der Waals surface area contributed by atoms with Gasteiger partial charge in [-0.1, -0.05) is 12.1 Å². The third kappa shape index (κ3) is 3.86. The van der Waals surface area contributed by atoms with Crippen molar-refractivity contribution in [2.24, 2.45) is 0 Å². The highest BCUT2D eigenvalue weighted by atomic mass is 16.2. The monoisotopic (exact) mass is 287 g/mol. The lowest BCUT2D eigenvalue weighted by Gasteiger charge is -2.09. The molecule has 21 heavy (non-hydrogen) atoms. The number of amides is 1. The summed E-state index contributed by atoms with van der Waals surface area (Å²) in [5.74, 6) is -0.173. The average molecular weight is 287 g/mol. The Morgan fingerprint density at radius 2 is 2.19 bits per heavy atom. The van der Waals surface area contributed by atoms with E-state index in [9.17, 15) is 4.79 Å². The van der Waals surface area contributed by atoms with Crippen LogP contribution < -0.4 is 11.1 Å². The summed E-state index contributed by atoms with van der Waals surface area (Å²) in [6.07, 6.45) is 3.26. The number of anilines is 2. The number of aliphatic hydroxyl groups is 1. The number of nitrogens with zero attached hydrogens (tertiary/aromatic N) is 1. The lowest BCUT2D eigenvalue weighted by atomic mass is 10.1. The number of aliphatic hydroxyl groups excluding tert-OH is 1. The van der Waals surface area contributed by atoms with E-state index in [1.165, 1.54) is 0 Å². The Balaban J connectivity index is 2.11. The third-order valence-corrected chi connectivity index (χ3v) is 3.30. The van der Waals surface area contributed by atoms with Gasteiger partial charge in [-0.2, -0.15) is 0 Å². The Morgan fingerprint density at radius 1 is 1.38 bits per heavy atom. The first-order valence-electron chi connectivity index (χ1n) is 7.11. The van der Waals surface area contributed by atoms with Crippen molar-refractivity contribution in [3.05, 3.63) is 47.8 Å². The number of aromatic nitrogens is 1. The number of carbonyl (C=O) groups excluding carboxylic acids is 1. The number of nitrogens with one attached hydrogen (secondary N) is 1. The Labute approximate surface area is 124 Å². The molecule has 0 aliphatic heterocycles. The lowest BCUT2D eigenvalue weighted by Crippen LogP contribution is -2.16. The summed E-state index contributed by atoms with van der Waals surface area (Å²) in [5, 5.41) is 11.8. The molecule has 1 aromatic heterocycles. The lowest BCUT2D eigenvalue weighted by molar-refractivity contribution is 0.101. The minimum atomic E-state index is -0.173. The van der Waals surface area contributed by atoms with Gasteiger partial charge in [0, 0.05) is 25.0 Å². The maximum atomic E-state index is 12.3. The fourth-order valence-corrected chi connectivity index (χ4v) is 2.27. The Hall–Kier alpha value is -2.27. The van der Waals surface area contributed by atoms with Gasteiger partial charge in [-0.05, 0) is 43.5 Å². The van der Waals surface area contributed by atoms with Crippen molar-refractivity contribution in [3.8, 4) is 0 Å². The van der Waals surface area contributed by atoms with E-state index in [0.717, 1.165) is 17.7 Å². The van der Waals surface area contributed by atoms with Crippen LogP contribution in [0.5, 0.6) is 0 Å². The zero-order valence-corrected chi connectivity index (χ0v) is 12.2. The first-order valence-corrected chi connectivity index (χ1v) is 7.11. The highest BCUT2D eigenvalue weighted by Crippen LogP contribution is 2.16. The number of carbonyl (C=O) groups is 1. The topological polar surface area (TPSA) is 80.3 Å². The molecule has 0 spiro atoms. The molecule has 0 aliphatic rings. The van der Waals surface area contributed by atoms with Gasteiger partial charge in [0.2, 0.25) is 0 Å². The average Bonchev–Trinajstić information content (AvgIpc) is 2.87. The van der Waals surface area contributed by atoms with E-state index < -0.39 is 0 Å².